The van der Waals surface area contributed by atoms with E-state index >= 15 is 0 Å². The van der Waals surface area contributed by atoms with Crippen LogP contribution in [0.4, 0.5) is 24.5 Å². The Hall–Kier alpha value is -2.98. The molecule has 1 saturated heterocycles. The minimum absolute atomic E-state index is 0.0285. The molecule has 182 valence electrons. The molecular weight excluding hydrogens is 477 g/mol. The molecule has 0 radical (unpaired) electrons. The van der Waals surface area contributed by atoms with E-state index in [4.69, 9.17) is 21.1 Å². The van der Waals surface area contributed by atoms with E-state index in [9.17, 15) is 27.9 Å². The maximum Gasteiger partial charge on any atom is 0.303 e. The molecule has 2 aliphatic rings. The number of carbonyl (C=O) groups is 2. The van der Waals surface area contributed by atoms with Gasteiger partial charge in [0.05, 0.1) is 12.2 Å². The molecule has 0 unspecified atom stereocenters. The number of hydrogen-bond acceptors (Lipinski definition) is 6. The van der Waals surface area contributed by atoms with Gasteiger partial charge < -0.3 is 24.8 Å². The normalized spacial score (nSPS) is 22.1. The molecule has 0 aliphatic carbocycles. The number of piperidine rings is 1. The van der Waals surface area contributed by atoms with Crippen LogP contribution in [0.15, 0.2) is 24.3 Å². The topological polar surface area (TPSA) is 88.1 Å². The summed E-state index contributed by atoms with van der Waals surface area (Å²) in [5.74, 6) is -3.10. The van der Waals surface area contributed by atoms with Crippen LogP contribution >= 0.6 is 11.6 Å². The number of ether oxygens (including phenoxy) is 2. The summed E-state index contributed by atoms with van der Waals surface area (Å²) in [4.78, 5) is 24.7. The highest BCUT2D eigenvalue weighted by Gasteiger charge is 2.46. The molecule has 1 fully saturated rings. The third kappa shape index (κ3) is 4.78. The maximum atomic E-state index is 14.4. The predicted molar refractivity (Wildman–Crippen MR) is 118 cm³/mol. The molecule has 4 rings (SSSR count). The molecule has 0 spiro atoms. The van der Waals surface area contributed by atoms with Crippen LogP contribution in [0, 0.1) is 17.5 Å². The monoisotopic (exact) mass is 498 g/mol. The fourth-order valence-electron chi connectivity index (χ4n) is 4.26. The molecule has 2 aromatic rings. The van der Waals surface area contributed by atoms with Crippen molar-refractivity contribution in [2.24, 2.45) is 0 Å². The second-order valence-electron chi connectivity index (χ2n) is 8.35. The summed E-state index contributed by atoms with van der Waals surface area (Å²) in [6.07, 6.45) is -0.820. The Morgan fingerprint density at radius 2 is 1.94 bits per heavy atom. The summed E-state index contributed by atoms with van der Waals surface area (Å²) >= 11 is 5.70. The fraction of sp³-hybridized carbons (Fsp3) is 0.391. The van der Waals surface area contributed by atoms with Gasteiger partial charge in [-0.15, -0.1) is 0 Å². The van der Waals surface area contributed by atoms with E-state index < -0.39 is 35.1 Å². The standard InChI is InChI=1S/C23H22ClF3N2O5/c1-12(30)34-19-10-29(22-16(26)8-13(24)9-17(22)27)7-6-23(19,32)11-33-18-4-3-15(25)21-14(18)2-5-20(31)28-21/h3-4,8-9,19,32H,2,5-7,10-11H2,1H3,(H,28,31)/t19-,23-/m1/s1. The van der Waals surface area contributed by atoms with E-state index in [2.05, 4.69) is 5.32 Å². The minimum atomic E-state index is -1.69. The van der Waals surface area contributed by atoms with Crippen molar-refractivity contribution in [1.29, 1.82) is 0 Å². The van der Waals surface area contributed by atoms with Crippen molar-refractivity contribution in [2.75, 3.05) is 29.9 Å². The van der Waals surface area contributed by atoms with Crippen LogP contribution in [0.5, 0.6) is 5.75 Å². The van der Waals surface area contributed by atoms with E-state index in [1.54, 1.807) is 0 Å². The van der Waals surface area contributed by atoms with Crippen molar-refractivity contribution in [3.63, 3.8) is 0 Å². The van der Waals surface area contributed by atoms with Crippen LogP contribution in [-0.4, -0.2) is 48.4 Å². The Kier molecular flexibility index (Phi) is 6.64. The Balaban J connectivity index is 1.56. The molecule has 2 heterocycles. The van der Waals surface area contributed by atoms with E-state index in [0.29, 0.717) is 5.56 Å². The summed E-state index contributed by atoms with van der Waals surface area (Å²) in [5.41, 5.74) is -1.55. The zero-order chi connectivity index (χ0) is 24.6. The molecule has 2 aromatic carbocycles. The third-order valence-corrected chi connectivity index (χ3v) is 6.19. The Morgan fingerprint density at radius 3 is 2.62 bits per heavy atom. The average Bonchev–Trinajstić information content (AvgIpc) is 2.75. The van der Waals surface area contributed by atoms with Gasteiger partial charge in [-0.05, 0) is 30.7 Å². The number of esters is 1. The van der Waals surface area contributed by atoms with Crippen molar-refractivity contribution >= 4 is 34.9 Å². The zero-order valence-corrected chi connectivity index (χ0v) is 18.9. The molecule has 11 heteroatoms. The molecule has 1 amide bonds. The van der Waals surface area contributed by atoms with Gasteiger partial charge in [-0.25, -0.2) is 13.2 Å². The number of nitrogens with one attached hydrogen (secondary N) is 1. The van der Waals surface area contributed by atoms with E-state index in [1.165, 1.54) is 11.0 Å². The van der Waals surface area contributed by atoms with Gasteiger partial charge in [0.2, 0.25) is 5.91 Å². The lowest BCUT2D eigenvalue weighted by molar-refractivity contribution is -0.169. The molecule has 7 nitrogen and oxygen atoms in total. The summed E-state index contributed by atoms with van der Waals surface area (Å²) in [6.45, 7) is 0.649. The minimum Gasteiger partial charge on any atom is -0.490 e. The van der Waals surface area contributed by atoms with Gasteiger partial charge in [0.25, 0.3) is 0 Å². The summed E-state index contributed by atoms with van der Waals surface area (Å²) in [6, 6.07) is 4.48. The summed E-state index contributed by atoms with van der Waals surface area (Å²) < 4.78 is 54.1. The Labute approximate surface area is 198 Å². The molecule has 34 heavy (non-hydrogen) atoms. The quantitative estimate of drug-likeness (QED) is 0.613. The molecule has 2 aliphatic heterocycles. The first-order valence-corrected chi connectivity index (χ1v) is 11.0. The lowest BCUT2D eigenvalue weighted by Crippen LogP contribution is -2.60. The zero-order valence-electron chi connectivity index (χ0n) is 18.2. The van der Waals surface area contributed by atoms with Crippen molar-refractivity contribution in [1.82, 2.24) is 0 Å². The van der Waals surface area contributed by atoms with Crippen LogP contribution in [-0.2, 0) is 20.7 Å². The Morgan fingerprint density at radius 1 is 1.24 bits per heavy atom. The number of nitrogens with zero attached hydrogens (tertiary/aromatic N) is 1. The number of fused-ring (bicyclic) bond motifs is 1. The molecule has 0 saturated carbocycles. The fourth-order valence-corrected chi connectivity index (χ4v) is 4.46. The lowest BCUT2D eigenvalue weighted by atomic mass is 9.88. The number of halogens is 4. The number of amides is 1. The molecule has 2 atom stereocenters. The van der Waals surface area contributed by atoms with Crippen LogP contribution in [0.2, 0.25) is 5.02 Å². The van der Waals surface area contributed by atoms with Gasteiger partial charge in [0.15, 0.2) is 17.7 Å². The van der Waals surface area contributed by atoms with Crippen molar-refractivity contribution < 1.29 is 37.3 Å². The molecule has 2 N–H and O–H groups in total. The number of benzene rings is 2. The number of rotatable bonds is 5. The second-order valence-corrected chi connectivity index (χ2v) is 8.79. The highest BCUT2D eigenvalue weighted by atomic mass is 35.5. The first-order chi connectivity index (χ1) is 16.1. The number of aliphatic hydroxyl groups is 1. The number of hydrogen-bond donors (Lipinski definition) is 2. The second kappa shape index (κ2) is 9.34. The van der Waals surface area contributed by atoms with Gasteiger partial charge in [-0.1, -0.05) is 11.6 Å². The number of carbonyl (C=O) groups excluding carboxylic acids is 2. The van der Waals surface area contributed by atoms with Gasteiger partial charge in [0.1, 0.15) is 29.5 Å². The third-order valence-electron chi connectivity index (χ3n) is 5.97. The average molecular weight is 499 g/mol. The van der Waals surface area contributed by atoms with Gasteiger partial charge in [-0.2, -0.15) is 0 Å². The van der Waals surface area contributed by atoms with Gasteiger partial charge in [-0.3, -0.25) is 9.59 Å². The van der Waals surface area contributed by atoms with Crippen molar-refractivity contribution in [2.45, 2.75) is 37.9 Å². The lowest BCUT2D eigenvalue weighted by Gasteiger charge is -2.44. The highest BCUT2D eigenvalue weighted by molar-refractivity contribution is 6.30. The molecular formula is C23H22ClF3N2O5. The molecule has 0 bridgehead atoms. The highest BCUT2D eigenvalue weighted by Crippen LogP contribution is 2.36. The van der Waals surface area contributed by atoms with E-state index in [-0.39, 0.29) is 67.0 Å². The van der Waals surface area contributed by atoms with Crippen LogP contribution < -0.4 is 15.0 Å². The van der Waals surface area contributed by atoms with Crippen LogP contribution in [0.1, 0.15) is 25.3 Å². The van der Waals surface area contributed by atoms with Crippen molar-refractivity contribution in [3.05, 3.63) is 52.3 Å². The smallest absolute Gasteiger partial charge is 0.303 e. The van der Waals surface area contributed by atoms with E-state index in [1.807, 2.05) is 0 Å². The Bertz CT molecular complexity index is 1120. The van der Waals surface area contributed by atoms with Gasteiger partial charge in [0, 0.05) is 36.9 Å². The van der Waals surface area contributed by atoms with Crippen molar-refractivity contribution in [3.8, 4) is 5.75 Å². The van der Waals surface area contributed by atoms with E-state index in [0.717, 1.165) is 25.1 Å². The maximum absolute atomic E-state index is 14.4. The molecule has 0 aromatic heterocycles. The SMILES string of the molecule is CC(=O)O[C@@H]1CN(c2c(F)cc(Cl)cc2F)CC[C@@]1(O)COc1ccc(F)c2c1CCC(=O)N2. The predicted octanol–water partition coefficient (Wildman–Crippen LogP) is 3.59. The first kappa shape index (κ1) is 24.2. The summed E-state index contributed by atoms with van der Waals surface area (Å²) in [7, 11) is 0. The van der Waals surface area contributed by atoms with Crippen LogP contribution in [0.3, 0.4) is 0 Å². The first-order valence-electron chi connectivity index (χ1n) is 10.6. The number of anilines is 2. The van der Waals surface area contributed by atoms with Crippen LogP contribution in [0.25, 0.3) is 0 Å². The van der Waals surface area contributed by atoms with Gasteiger partial charge >= 0.3 is 5.97 Å². The largest absolute Gasteiger partial charge is 0.490 e. The summed E-state index contributed by atoms with van der Waals surface area (Å²) in [5, 5.41) is 13.7.